The molecule has 0 aromatic rings. The number of amides is 2. The average Bonchev–Trinajstić information content (AvgIpc) is 3.12. The Kier molecular flexibility index (Phi) is 42.0. The van der Waals surface area contributed by atoms with E-state index in [0.717, 1.165) is 37.4 Å². The van der Waals surface area contributed by atoms with Gasteiger partial charge in [-0.25, -0.2) is 0 Å². The van der Waals surface area contributed by atoms with E-state index in [4.69, 9.17) is 5.73 Å². The molecule has 0 aliphatic heterocycles. The highest BCUT2D eigenvalue weighted by Gasteiger charge is 2.13. The van der Waals surface area contributed by atoms with Crippen molar-refractivity contribution in [1.29, 1.82) is 0 Å². The summed E-state index contributed by atoms with van der Waals surface area (Å²) in [5.74, 6) is 1.94. The molecule has 50 heavy (non-hydrogen) atoms. The molecular formula is C44H89N3O2S. The van der Waals surface area contributed by atoms with Crippen LogP contribution in [0.1, 0.15) is 232 Å². The van der Waals surface area contributed by atoms with Gasteiger partial charge in [0.25, 0.3) is 0 Å². The van der Waals surface area contributed by atoms with Crippen LogP contribution in [0.4, 0.5) is 0 Å². The molecule has 5 nitrogen and oxygen atoms in total. The summed E-state index contributed by atoms with van der Waals surface area (Å²) in [6.45, 7) is 7.44. The van der Waals surface area contributed by atoms with Crippen LogP contribution in [0, 0.1) is 0 Å². The minimum atomic E-state index is 0.0582. The summed E-state index contributed by atoms with van der Waals surface area (Å²) in [7, 11) is 0. The van der Waals surface area contributed by atoms with Crippen molar-refractivity contribution in [2.45, 2.75) is 232 Å². The number of thioether (sulfide) groups is 1. The van der Waals surface area contributed by atoms with Gasteiger partial charge in [0.1, 0.15) is 0 Å². The zero-order valence-corrected chi connectivity index (χ0v) is 34.9. The zero-order valence-electron chi connectivity index (χ0n) is 34.0. The van der Waals surface area contributed by atoms with Gasteiger partial charge in [-0.15, -0.1) is 0 Å². The van der Waals surface area contributed by atoms with Gasteiger partial charge in [0, 0.05) is 50.5 Å². The van der Waals surface area contributed by atoms with Crippen LogP contribution in [-0.4, -0.2) is 54.4 Å². The maximum atomic E-state index is 13.2. The second-order valence-electron chi connectivity index (χ2n) is 15.2. The molecule has 0 aliphatic carbocycles. The third-order valence-corrected chi connectivity index (χ3v) is 11.3. The molecule has 0 aromatic carbocycles. The molecule has 6 heteroatoms. The molecule has 0 saturated heterocycles. The number of rotatable bonds is 42. The highest BCUT2D eigenvalue weighted by molar-refractivity contribution is 7.99. The van der Waals surface area contributed by atoms with Gasteiger partial charge in [0.2, 0.25) is 11.8 Å². The van der Waals surface area contributed by atoms with E-state index < -0.39 is 0 Å². The van der Waals surface area contributed by atoms with Gasteiger partial charge in [-0.1, -0.05) is 206 Å². The van der Waals surface area contributed by atoms with Crippen molar-refractivity contribution in [2.24, 2.45) is 5.73 Å². The van der Waals surface area contributed by atoms with Gasteiger partial charge >= 0.3 is 0 Å². The summed E-state index contributed by atoms with van der Waals surface area (Å²) in [6.07, 6.45) is 45.1. The summed E-state index contributed by atoms with van der Waals surface area (Å²) >= 11 is 1.72. The molecule has 0 saturated carbocycles. The number of carbonyl (C=O) groups is 2. The molecule has 0 atom stereocenters. The quantitative estimate of drug-likeness (QED) is 0.0615. The maximum Gasteiger partial charge on any atom is 0.223 e. The Labute approximate surface area is 318 Å². The van der Waals surface area contributed by atoms with Crippen LogP contribution in [0.5, 0.6) is 0 Å². The van der Waals surface area contributed by atoms with Crippen LogP contribution < -0.4 is 11.1 Å². The van der Waals surface area contributed by atoms with E-state index in [-0.39, 0.29) is 5.91 Å². The van der Waals surface area contributed by atoms with Crippen molar-refractivity contribution >= 4 is 23.6 Å². The fraction of sp³-hybridized carbons (Fsp3) is 0.955. The summed E-state index contributed by atoms with van der Waals surface area (Å²) in [6, 6.07) is 0. The van der Waals surface area contributed by atoms with Crippen molar-refractivity contribution in [2.75, 3.05) is 37.7 Å². The Balaban J connectivity index is 4.05. The fourth-order valence-electron chi connectivity index (χ4n) is 6.95. The first kappa shape index (κ1) is 49.2. The van der Waals surface area contributed by atoms with Gasteiger partial charge in [-0.05, 0) is 12.8 Å². The lowest BCUT2D eigenvalue weighted by molar-refractivity contribution is -0.131. The molecule has 3 N–H and O–H groups in total. The highest BCUT2D eigenvalue weighted by Crippen LogP contribution is 2.16. The van der Waals surface area contributed by atoms with Crippen LogP contribution in [0.2, 0.25) is 0 Å². The van der Waals surface area contributed by atoms with Crippen LogP contribution in [0.3, 0.4) is 0 Å². The van der Waals surface area contributed by atoms with Crippen molar-refractivity contribution in [1.82, 2.24) is 10.2 Å². The Bertz CT molecular complexity index is 656. The number of nitrogens with zero attached hydrogens (tertiary/aromatic N) is 1. The minimum absolute atomic E-state index is 0.0582. The van der Waals surface area contributed by atoms with Crippen molar-refractivity contribution in [3.05, 3.63) is 0 Å². The topological polar surface area (TPSA) is 75.4 Å². The van der Waals surface area contributed by atoms with E-state index in [2.05, 4.69) is 24.1 Å². The van der Waals surface area contributed by atoms with Crippen molar-refractivity contribution < 1.29 is 9.59 Å². The molecule has 2 amide bonds. The van der Waals surface area contributed by atoms with Crippen LogP contribution in [0.25, 0.3) is 0 Å². The first-order valence-electron chi connectivity index (χ1n) is 22.5. The molecule has 0 fully saturated rings. The molecule has 298 valence electrons. The normalized spacial score (nSPS) is 11.3. The van der Waals surface area contributed by atoms with E-state index in [9.17, 15) is 9.59 Å². The number of hydrogen-bond acceptors (Lipinski definition) is 4. The fourth-order valence-corrected chi connectivity index (χ4v) is 7.80. The second-order valence-corrected chi connectivity index (χ2v) is 16.5. The third-order valence-electron chi connectivity index (χ3n) is 10.3. The monoisotopic (exact) mass is 724 g/mol. The Morgan fingerprint density at radius 1 is 0.460 bits per heavy atom. The lowest BCUT2D eigenvalue weighted by atomic mass is 10.0. The summed E-state index contributed by atoms with van der Waals surface area (Å²) < 4.78 is 0. The van der Waals surface area contributed by atoms with E-state index >= 15 is 0 Å². The lowest BCUT2D eigenvalue weighted by Crippen LogP contribution is -2.33. The number of hydrogen-bond donors (Lipinski definition) is 2. The third kappa shape index (κ3) is 38.5. The van der Waals surface area contributed by atoms with E-state index in [1.54, 1.807) is 11.8 Å². The van der Waals surface area contributed by atoms with E-state index in [0.29, 0.717) is 31.8 Å². The number of nitrogens with two attached hydrogens (primary N) is 1. The Morgan fingerprint density at radius 3 is 1.08 bits per heavy atom. The van der Waals surface area contributed by atoms with Crippen molar-refractivity contribution in [3.63, 3.8) is 0 Å². The molecule has 0 aromatic heterocycles. The van der Waals surface area contributed by atoms with Gasteiger partial charge in [-0.3, -0.25) is 9.59 Å². The summed E-state index contributed by atoms with van der Waals surface area (Å²) in [5, 5.41) is 2.82. The smallest absolute Gasteiger partial charge is 0.223 e. The number of unbranched alkanes of at least 4 members (excludes halogenated alkanes) is 30. The van der Waals surface area contributed by atoms with E-state index in [1.165, 1.54) is 193 Å². The predicted molar refractivity (Wildman–Crippen MR) is 224 cm³/mol. The van der Waals surface area contributed by atoms with Gasteiger partial charge in [0.05, 0.1) is 0 Å². The van der Waals surface area contributed by atoms with Crippen molar-refractivity contribution in [3.8, 4) is 0 Å². The predicted octanol–water partition coefficient (Wildman–Crippen LogP) is 12.9. The average molecular weight is 724 g/mol. The zero-order chi connectivity index (χ0) is 36.4. The highest BCUT2D eigenvalue weighted by atomic mass is 32.2. The molecule has 0 unspecified atom stereocenters. The van der Waals surface area contributed by atoms with Gasteiger partial charge < -0.3 is 16.0 Å². The molecule has 0 spiro atoms. The molecule has 0 bridgehead atoms. The lowest BCUT2D eigenvalue weighted by Gasteiger charge is -2.23. The second kappa shape index (κ2) is 42.7. The molecule has 0 aliphatic rings. The summed E-state index contributed by atoms with van der Waals surface area (Å²) in [4.78, 5) is 27.2. The van der Waals surface area contributed by atoms with Crippen LogP contribution >= 0.6 is 11.8 Å². The first-order valence-corrected chi connectivity index (χ1v) is 23.6. The van der Waals surface area contributed by atoms with E-state index in [1.807, 2.05) is 0 Å². The van der Waals surface area contributed by atoms with Crippen LogP contribution in [0.15, 0.2) is 0 Å². The molecule has 0 heterocycles. The summed E-state index contributed by atoms with van der Waals surface area (Å²) in [5.41, 5.74) is 5.46. The number of carbonyl (C=O) groups excluding carboxylic acids is 2. The Morgan fingerprint density at radius 2 is 0.760 bits per heavy atom. The molecule has 0 rings (SSSR count). The maximum absolute atomic E-state index is 13.2. The first-order chi connectivity index (χ1) is 24.7. The standard InChI is InChI=1S/C44H89N3O2S/c1-3-5-7-9-11-13-15-17-19-21-23-25-27-29-31-33-39-47(44(49)36-42-50-41-35-43(48)46-38-37-45)40-34-32-30-28-26-24-22-20-18-16-14-12-10-8-6-4-2/h3-42,45H2,1-2H3,(H,46,48). The Hall–Kier alpha value is -0.750. The molecule has 0 radical (unpaired) electrons. The van der Waals surface area contributed by atoms with Gasteiger partial charge in [0.15, 0.2) is 0 Å². The number of nitrogens with one attached hydrogen (secondary N) is 1. The minimum Gasteiger partial charge on any atom is -0.355 e. The van der Waals surface area contributed by atoms with Crippen LogP contribution in [-0.2, 0) is 9.59 Å². The molecular weight excluding hydrogens is 635 g/mol. The SMILES string of the molecule is CCCCCCCCCCCCCCCCCCN(CCCCCCCCCCCCCCCCCC)C(=O)CCSCCC(=O)NCCN. The van der Waals surface area contributed by atoms with Gasteiger partial charge in [-0.2, -0.15) is 11.8 Å². The largest absolute Gasteiger partial charge is 0.355 e.